The Morgan fingerprint density at radius 2 is 2.15 bits per heavy atom. The van der Waals surface area contributed by atoms with E-state index in [1.165, 1.54) is 11.1 Å². The number of methoxy groups -OCH3 is 1. The number of carbonyl (C=O) groups excluding carboxylic acids is 1. The van der Waals surface area contributed by atoms with Gasteiger partial charge in [-0.1, -0.05) is 17.7 Å². The molecule has 1 aliphatic carbocycles. The highest BCUT2D eigenvalue weighted by atomic mass is 35.5. The second kappa shape index (κ2) is 7.62. The highest BCUT2D eigenvalue weighted by molar-refractivity contribution is 6.30. The largest absolute Gasteiger partial charge is 0.383 e. The van der Waals surface area contributed by atoms with E-state index in [2.05, 4.69) is 16.7 Å². The summed E-state index contributed by atoms with van der Waals surface area (Å²) in [7, 11) is 1.62. The Hall–Kier alpha value is -1.10. The van der Waals surface area contributed by atoms with Crippen LogP contribution in [0.15, 0.2) is 18.2 Å². The smallest absolute Gasteiger partial charge is 0.221 e. The number of fused-ring (bicyclic) bond motifs is 1. The first-order valence-electron chi connectivity index (χ1n) is 6.95. The van der Waals surface area contributed by atoms with Gasteiger partial charge >= 0.3 is 0 Å². The van der Waals surface area contributed by atoms with Gasteiger partial charge in [0.15, 0.2) is 0 Å². The molecule has 0 heterocycles. The maximum absolute atomic E-state index is 11.5. The fourth-order valence-electron chi connectivity index (χ4n) is 2.50. The first-order chi connectivity index (χ1) is 9.69. The molecule has 1 unspecified atom stereocenters. The molecule has 0 radical (unpaired) electrons. The van der Waals surface area contributed by atoms with E-state index in [1.54, 1.807) is 7.11 Å². The highest BCUT2D eigenvalue weighted by Crippen LogP contribution is 2.25. The number of ether oxygens (including phenoxy) is 1. The topological polar surface area (TPSA) is 50.4 Å². The van der Waals surface area contributed by atoms with Crippen LogP contribution < -0.4 is 10.6 Å². The molecule has 0 aromatic heterocycles. The average Bonchev–Trinajstić information content (AvgIpc) is 2.81. The number of nitrogens with one attached hydrogen (secondary N) is 2. The summed E-state index contributed by atoms with van der Waals surface area (Å²) < 4.78 is 4.88. The van der Waals surface area contributed by atoms with Crippen molar-refractivity contribution in [2.24, 2.45) is 0 Å². The fraction of sp³-hybridized carbons (Fsp3) is 0.533. The van der Waals surface area contributed by atoms with Gasteiger partial charge in [0, 0.05) is 37.7 Å². The Labute approximate surface area is 124 Å². The second-order valence-electron chi connectivity index (χ2n) is 5.07. The minimum Gasteiger partial charge on any atom is -0.383 e. The van der Waals surface area contributed by atoms with Crippen LogP contribution in [0.4, 0.5) is 0 Å². The van der Waals surface area contributed by atoms with Gasteiger partial charge < -0.3 is 15.4 Å². The molecule has 5 heteroatoms. The zero-order valence-electron chi connectivity index (χ0n) is 11.7. The first-order valence-corrected chi connectivity index (χ1v) is 7.33. The van der Waals surface area contributed by atoms with Crippen LogP contribution in [0.2, 0.25) is 5.02 Å². The molecule has 110 valence electrons. The van der Waals surface area contributed by atoms with Crippen LogP contribution >= 0.6 is 11.6 Å². The summed E-state index contributed by atoms with van der Waals surface area (Å²) in [6.07, 6.45) is 2.50. The van der Waals surface area contributed by atoms with E-state index < -0.39 is 0 Å². The molecule has 1 aromatic rings. The molecule has 0 bridgehead atoms. The molecular formula is C15H21ClN2O2. The Morgan fingerprint density at radius 1 is 1.35 bits per heavy atom. The summed E-state index contributed by atoms with van der Waals surface area (Å²) in [5.41, 5.74) is 2.68. The van der Waals surface area contributed by atoms with E-state index in [-0.39, 0.29) is 5.91 Å². The summed E-state index contributed by atoms with van der Waals surface area (Å²) in [6.45, 7) is 1.83. The molecule has 4 nitrogen and oxygen atoms in total. The summed E-state index contributed by atoms with van der Waals surface area (Å²) in [4.78, 5) is 11.5. The van der Waals surface area contributed by atoms with Crippen molar-refractivity contribution >= 4 is 17.5 Å². The van der Waals surface area contributed by atoms with Crippen molar-refractivity contribution in [1.29, 1.82) is 0 Å². The minimum absolute atomic E-state index is 0.0631. The van der Waals surface area contributed by atoms with Gasteiger partial charge in [0.05, 0.1) is 6.61 Å². The molecule has 0 saturated carbocycles. The number of carbonyl (C=O) groups is 1. The van der Waals surface area contributed by atoms with Gasteiger partial charge in [-0.15, -0.1) is 0 Å². The molecule has 1 amide bonds. The van der Waals surface area contributed by atoms with Crippen molar-refractivity contribution in [3.05, 3.63) is 34.3 Å². The van der Waals surface area contributed by atoms with Crippen molar-refractivity contribution in [2.75, 3.05) is 26.8 Å². The Bertz CT molecular complexity index is 465. The quantitative estimate of drug-likeness (QED) is 0.751. The van der Waals surface area contributed by atoms with Crippen molar-refractivity contribution in [1.82, 2.24) is 10.6 Å². The van der Waals surface area contributed by atoms with Gasteiger partial charge in [-0.3, -0.25) is 4.79 Å². The van der Waals surface area contributed by atoms with E-state index in [0.717, 1.165) is 17.9 Å². The van der Waals surface area contributed by atoms with Crippen LogP contribution in [-0.2, 0) is 22.4 Å². The molecule has 2 N–H and O–H groups in total. The van der Waals surface area contributed by atoms with Crippen molar-refractivity contribution < 1.29 is 9.53 Å². The molecule has 0 fully saturated rings. The van der Waals surface area contributed by atoms with Crippen molar-refractivity contribution in [3.63, 3.8) is 0 Å². The third kappa shape index (κ3) is 4.47. The molecule has 1 aliphatic rings. The lowest BCUT2D eigenvalue weighted by atomic mass is 10.1. The van der Waals surface area contributed by atoms with Crippen molar-refractivity contribution in [2.45, 2.75) is 25.3 Å². The Kier molecular flexibility index (Phi) is 5.83. The maximum Gasteiger partial charge on any atom is 0.221 e. The number of benzene rings is 1. The molecule has 20 heavy (non-hydrogen) atoms. The lowest BCUT2D eigenvalue weighted by Gasteiger charge is -2.11. The third-order valence-electron chi connectivity index (χ3n) is 3.51. The van der Waals surface area contributed by atoms with Crippen LogP contribution in [0.1, 0.15) is 17.5 Å². The fourth-order valence-corrected chi connectivity index (χ4v) is 2.70. The average molecular weight is 297 g/mol. The highest BCUT2D eigenvalue weighted by Gasteiger charge is 2.20. The third-order valence-corrected chi connectivity index (χ3v) is 3.75. The lowest BCUT2D eigenvalue weighted by molar-refractivity contribution is -0.121. The molecule has 0 spiro atoms. The normalized spacial score (nSPS) is 17.0. The zero-order valence-corrected chi connectivity index (χ0v) is 12.5. The first kappa shape index (κ1) is 15.3. The van der Waals surface area contributed by atoms with Gasteiger partial charge in [-0.05, 0) is 36.1 Å². The number of amides is 1. The van der Waals surface area contributed by atoms with Crippen molar-refractivity contribution in [3.8, 4) is 0 Å². The summed E-state index contributed by atoms with van der Waals surface area (Å²) in [5, 5.41) is 7.04. The summed E-state index contributed by atoms with van der Waals surface area (Å²) in [5.74, 6) is 0.0631. The van der Waals surface area contributed by atoms with E-state index in [4.69, 9.17) is 16.3 Å². The van der Waals surface area contributed by atoms with Crippen LogP contribution in [0.25, 0.3) is 0 Å². The van der Waals surface area contributed by atoms with Gasteiger partial charge in [0.25, 0.3) is 0 Å². The molecule has 1 aromatic carbocycles. The second-order valence-corrected chi connectivity index (χ2v) is 5.50. The Morgan fingerprint density at radius 3 is 2.95 bits per heavy atom. The monoisotopic (exact) mass is 296 g/mol. The Balaban J connectivity index is 1.66. The molecular weight excluding hydrogens is 276 g/mol. The van der Waals surface area contributed by atoms with Gasteiger partial charge in [0.2, 0.25) is 5.91 Å². The van der Waals surface area contributed by atoms with E-state index in [1.807, 2.05) is 12.1 Å². The SMILES string of the molecule is COCCNC(=O)CCNC1Cc2ccc(Cl)cc2C1. The van der Waals surface area contributed by atoms with Gasteiger partial charge in [0.1, 0.15) is 0 Å². The van der Waals surface area contributed by atoms with E-state index >= 15 is 0 Å². The van der Waals surface area contributed by atoms with Crippen LogP contribution in [0, 0.1) is 0 Å². The maximum atomic E-state index is 11.5. The number of halogens is 1. The van der Waals surface area contributed by atoms with Crippen LogP contribution in [-0.4, -0.2) is 38.8 Å². The predicted octanol–water partition coefficient (Wildman–Crippen LogP) is 1.55. The molecule has 0 saturated heterocycles. The molecule has 2 rings (SSSR count). The molecule has 1 atom stereocenters. The van der Waals surface area contributed by atoms with E-state index in [9.17, 15) is 4.79 Å². The van der Waals surface area contributed by atoms with Crippen LogP contribution in [0.5, 0.6) is 0 Å². The molecule has 0 aliphatic heterocycles. The summed E-state index contributed by atoms with van der Waals surface area (Å²) in [6, 6.07) is 6.48. The lowest BCUT2D eigenvalue weighted by Crippen LogP contribution is -2.34. The van der Waals surface area contributed by atoms with Crippen LogP contribution in [0.3, 0.4) is 0 Å². The zero-order chi connectivity index (χ0) is 14.4. The number of hydrogen-bond donors (Lipinski definition) is 2. The standard InChI is InChI=1S/C15H21ClN2O2/c1-20-7-6-18-15(19)4-5-17-14-9-11-2-3-13(16)8-12(11)10-14/h2-3,8,14,17H,4-7,9-10H2,1H3,(H,18,19). The number of hydrogen-bond acceptors (Lipinski definition) is 3. The number of rotatable bonds is 7. The van der Waals surface area contributed by atoms with Gasteiger partial charge in [-0.25, -0.2) is 0 Å². The predicted molar refractivity (Wildman–Crippen MR) is 80.2 cm³/mol. The minimum atomic E-state index is 0.0631. The van der Waals surface area contributed by atoms with Gasteiger partial charge in [-0.2, -0.15) is 0 Å². The summed E-state index contributed by atoms with van der Waals surface area (Å²) >= 11 is 5.99. The van der Waals surface area contributed by atoms with E-state index in [0.29, 0.717) is 32.2 Å².